The van der Waals surface area contributed by atoms with E-state index in [9.17, 15) is 4.79 Å². The second kappa shape index (κ2) is 8.54. The first-order chi connectivity index (χ1) is 13.0. The van der Waals surface area contributed by atoms with Crippen LogP contribution in [0.25, 0.3) is 0 Å². The van der Waals surface area contributed by atoms with Crippen molar-refractivity contribution in [3.8, 4) is 5.75 Å². The average molecular weight is 364 g/mol. The molecule has 0 radical (unpaired) electrons. The zero-order valence-corrected chi connectivity index (χ0v) is 15.9. The largest absolute Gasteiger partial charge is 0.486 e. The van der Waals surface area contributed by atoms with E-state index in [1.54, 1.807) is 24.2 Å². The molecule has 27 heavy (non-hydrogen) atoms. The number of carbonyl (C=O) groups excluding carboxylic acids is 1. The van der Waals surface area contributed by atoms with Crippen LogP contribution in [0.1, 0.15) is 34.3 Å². The molecule has 1 amide bonds. The molecule has 5 nitrogen and oxygen atoms in total. The van der Waals surface area contributed by atoms with Crippen LogP contribution in [0.5, 0.6) is 5.75 Å². The molecule has 3 aromatic rings. The fourth-order valence-corrected chi connectivity index (χ4v) is 2.77. The number of nitrogens with zero attached hydrogens (tertiary/aromatic N) is 2. The molecule has 1 aromatic carbocycles. The molecule has 2 heterocycles. The van der Waals surface area contributed by atoms with Gasteiger partial charge < -0.3 is 14.1 Å². The summed E-state index contributed by atoms with van der Waals surface area (Å²) in [7, 11) is 1.80. The summed E-state index contributed by atoms with van der Waals surface area (Å²) in [5, 5.41) is 0. The minimum absolute atomic E-state index is 0.00756. The van der Waals surface area contributed by atoms with E-state index in [1.165, 1.54) is 11.8 Å². The van der Waals surface area contributed by atoms with Crippen LogP contribution in [0.15, 0.2) is 65.4 Å². The highest BCUT2D eigenvalue weighted by Gasteiger charge is 2.22. The monoisotopic (exact) mass is 364 g/mol. The molecule has 140 valence electrons. The number of hydrogen-bond acceptors (Lipinski definition) is 4. The Balaban J connectivity index is 1.64. The minimum Gasteiger partial charge on any atom is -0.486 e. The van der Waals surface area contributed by atoms with Crippen LogP contribution in [0.4, 0.5) is 0 Å². The van der Waals surface area contributed by atoms with Crippen LogP contribution < -0.4 is 4.74 Å². The van der Waals surface area contributed by atoms with Crippen molar-refractivity contribution in [1.29, 1.82) is 0 Å². The van der Waals surface area contributed by atoms with Crippen molar-refractivity contribution >= 4 is 5.91 Å². The van der Waals surface area contributed by atoms with Crippen molar-refractivity contribution in [2.24, 2.45) is 0 Å². The second-order valence-corrected chi connectivity index (χ2v) is 6.65. The topological polar surface area (TPSA) is 55.6 Å². The van der Waals surface area contributed by atoms with Gasteiger partial charge in [0, 0.05) is 31.4 Å². The summed E-state index contributed by atoms with van der Waals surface area (Å²) in [6, 6.07) is 15.3. The average Bonchev–Trinajstić information content (AvgIpc) is 3.15. The molecule has 1 unspecified atom stereocenters. The number of amides is 1. The first kappa shape index (κ1) is 18.7. The Hall–Kier alpha value is -3.08. The van der Waals surface area contributed by atoms with Crippen LogP contribution in [0.3, 0.4) is 0 Å². The highest BCUT2D eigenvalue weighted by atomic mass is 16.5. The van der Waals surface area contributed by atoms with E-state index in [4.69, 9.17) is 9.15 Å². The maximum absolute atomic E-state index is 12.9. The zero-order valence-electron chi connectivity index (χ0n) is 15.9. The van der Waals surface area contributed by atoms with E-state index in [-0.39, 0.29) is 18.6 Å². The predicted molar refractivity (Wildman–Crippen MR) is 104 cm³/mol. The summed E-state index contributed by atoms with van der Waals surface area (Å²) < 4.78 is 11.3. The Labute approximate surface area is 159 Å². The van der Waals surface area contributed by atoms with Gasteiger partial charge in [-0.2, -0.15) is 0 Å². The van der Waals surface area contributed by atoms with Gasteiger partial charge in [0.15, 0.2) is 5.76 Å². The molecule has 0 aliphatic heterocycles. The van der Waals surface area contributed by atoms with E-state index in [0.717, 1.165) is 11.4 Å². The van der Waals surface area contributed by atoms with Gasteiger partial charge in [-0.1, -0.05) is 23.8 Å². The first-order valence-corrected chi connectivity index (χ1v) is 8.97. The Morgan fingerprint density at radius 1 is 1.19 bits per heavy atom. The van der Waals surface area contributed by atoms with Gasteiger partial charge >= 0.3 is 0 Å². The number of ether oxygens (including phenoxy) is 1. The van der Waals surface area contributed by atoms with Gasteiger partial charge in [0.1, 0.15) is 12.4 Å². The lowest BCUT2D eigenvalue weighted by Crippen LogP contribution is -2.36. The number of aromatic nitrogens is 1. The van der Waals surface area contributed by atoms with Crippen LogP contribution in [-0.4, -0.2) is 28.9 Å². The number of benzene rings is 1. The third-order valence-corrected chi connectivity index (χ3v) is 4.58. The van der Waals surface area contributed by atoms with E-state index in [0.29, 0.717) is 17.7 Å². The molecule has 3 rings (SSSR count). The summed E-state index contributed by atoms with van der Waals surface area (Å²) in [4.78, 5) is 19.0. The van der Waals surface area contributed by atoms with Crippen LogP contribution in [-0.2, 0) is 13.0 Å². The molecule has 0 fully saturated rings. The van der Waals surface area contributed by atoms with Crippen LogP contribution in [0.2, 0.25) is 0 Å². The van der Waals surface area contributed by atoms with Crippen molar-refractivity contribution in [2.75, 3.05) is 7.05 Å². The van der Waals surface area contributed by atoms with Crippen molar-refractivity contribution in [3.63, 3.8) is 0 Å². The molecule has 0 bridgehead atoms. The standard InChI is InChI=1S/C22H24N2O3/c1-16-7-9-19(10-8-16)27-15-21-20(11-13-26-21)22(25)24(3)17(2)14-18-6-4-5-12-23-18/h4-13,17H,14-15H2,1-3H3. The minimum atomic E-state index is -0.0883. The molecule has 2 aromatic heterocycles. The summed E-state index contributed by atoms with van der Waals surface area (Å²) in [5.41, 5.74) is 2.65. The van der Waals surface area contributed by atoms with Crippen molar-refractivity contribution in [1.82, 2.24) is 9.88 Å². The fraction of sp³-hybridized carbons (Fsp3) is 0.273. The molecule has 1 atom stereocenters. The Morgan fingerprint density at radius 2 is 1.96 bits per heavy atom. The quantitative estimate of drug-likeness (QED) is 0.628. The Kier molecular flexibility index (Phi) is 5.91. The first-order valence-electron chi connectivity index (χ1n) is 8.97. The number of furan rings is 1. The van der Waals surface area contributed by atoms with Gasteiger partial charge in [-0.25, -0.2) is 0 Å². The van der Waals surface area contributed by atoms with Gasteiger partial charge in [-0.05, 0) is 44.2 Å². The number of rotatable bonds is 7. The molecular formula is C22H24N2O3. The Morgan fingerprint density at radius 3 is 2.67 bits per heavy atom. The van der Waals surface area contributed by atoms with Gasteiger partial charge in [-0.3, -0.25) is 9.78 Å². The van der Waals surface area contributed by atoms with Crippen molar-refractivity contribution in [2.45, 2.75) is 32.9 Å². The summed E-state index contributed by atoms with van der Waals surface area (Å²) in [6.45, 7) is 4.24. The number of aryl methyl sites for hydroxylation is 1. The second-order valence-electron chi connectivity index (χ2n) is 6.65. The maximum atomic E-state index is 12.9. The molecule has 0 aliphatic rings. The SMILES string of the molecule is Cc1ccc(OCc2occc2C(=O)N(C)C(C)Cc2ccccn2)cc1. The molecule has 5 heteroatoms. The van der Waals surface area contributed by atoms with E-state index >= 15 is 0 Å². The third-order valence-electron chi connectivity index (χ3n) is 4.58. The van der Waals surface area contributed by atoms with Gasteiger partial charge in [0.25, 0.3) is 5.91 Å². The lowest BCUT2D eigenvalue weighted by atomic mass is 10.1. The predicted octanol–water partition coefficient (Wildman–Crippen LogP) is 4.27. The van der Waals surface area contributed by atoms with Crippen LogP contribution >= 0.6 is 0 Å². The lowest BCUT2D eigenvalue weighted by molar-refractivity contribution is 0.0738. The number of hydrogen-bond donors (Lipinski definition) is 0. The zero-order chi connectivity index (χ0) is 19.2. The number of pyridine rings is 1. The van der Waals surface area contributed by atoms with E-state index < -0.39 is 0 Å². The highest BCUT2D eigenvalue weighted by Crippen LogP contribution is 2.19. The van der Waals surface area contributed by atoms with Crippen molar-refractivity contribution in [3.05, 3.63) is 83.6 Å². The fourth-order valence-electron chi connectivity index (χ4n) is 2.77. The summed E-state index contributed by atoms with van der Waals surface area (Å²) in [6.07, 6.45) is 3.98. The van der Waals surface area contributed by atoms with Gasteiger partial charge in [0.2, 0.25) is 0 Å². The molecule has 0 saturated heterocycles. The van der Waals surface area contributed by atoms with E-state index in [2.05, 4.69) is 4.98 Å². The maximum Gasteiger partial charge on any atom is 0.257 e. The van der Waals surface area contributed by atoms with Crippen LogP contribution in [0, 0.1) is 6.92 Å². The normalized spacial score (nSPS) is 11.8. The molecule has 0 spiro atoms. The van der Waals surface area contributed by atoms with E-state index in [1.807, 2.05) is 56.3 Å². The Bertz CT molecular complexity index is 872. The smallest absolute Gasteiger partial charge is 0.257 e. The van der Waals surface area contributed by atoms with Gasteiger partial charge in [-0.15, -0.1) is 0 Å². The summed E-state index contributed by atoms with van der Waals surface area (Å²) >= 11 is 0. The lowest BCUT2D eigenvalue weighted by Gasteiger charge is -2.24. The number of carbonyl (C=O) groups is 1. The summed E-state index contributed by atoms with van der Waals surface area (Å²) in [5.74, 6) is 1.18. The molecule has 0 aliphatic carbocycles. The highest BCUT2D eigenvalue weighted by molar-refractivity contribution is 5.95. The molecule has 0 N–H and O–H groups in total. The number of likely N-dealkylation sites (N-methyl/N-ethyl adjacent to an activating group) is 1. The molecule has 0 saturated carbocycles. The van der Waals surface area contributed by atoms with Crippen molar-refractivity contribution < 1.29 is 13.9 Å². The third kappa shape index (κ3) is 4.76. The van der Waals surface area contributed by atoms with Gasteiger partial charge in [0.05, 0.1) is 11.8 Å². The molecular weight excluding hydrogens is 340 g/mol.